The smallest absolute Gasteiger partial charge is 0.123 e. The summed E-state index contributed by atoms with van der Waals surface area (Å²) in [6.45, 7) is 3.91. The third-order valence-corrected chi connectivity index (χ3v) is 3.47. The van der Waals surface area contributed by atoms with E-state index in [2.05, 4.69) is 4.98 Å². The lowest BCUT2D eigenvalue weighted by Gasteiger charge is -2.03. The summed E-state index contributed by atoms with van der Waals surface area (Å²) in [5, 5.41) is 1.71. The number of nitrogens with zero attached hydrogens (tertiary/aromatic N) is 1. The Hall–Kier alpha value is -1.42. The van der Waals surface area contributed by atoms with Crippen LogP contribution in [0.1, 0.15) is 17.5 Å². The number of halogens is 1. The molecule has 4 heteroatoms. The highest BCUT2D eigenvalue weighted by atomic mass is 32.1. The molecule has 16 heavy (non-hydrogen) atoms. The second-order valence-corrected chi connectivity index (χ2v) is 4.75. The fraction of sp³-hybridized carbons (Fsp3) is 0.250. The van der Waals surface area contributed by atoms with Crippen molar-refractivity contribution in [3.63, 3.8) is 0 Å². The summed E-state index contributed by atoms with van der Waals surface area (Å²) < 4.78 is 13.0. The zero-order valence-electron chi connectivity index (χ0n) is 9.25. The number of nitrogen functional groups attached to an aromatic ring is 1. The van der Waals surface area contributed by atoms with Gasteiger partial charge in [-0.3, -0.25) is 0 Å². The number of benzene rings is 1. The summed E-state index contributed by atoms with van der Waals surface area (Å²) in [7, 11) is 0. The standard InChI is InChI=1S/C12H13FN2S/c1-3-10-15-11(12(14)16-10)9-5-4-8(13)6-7(9)2/h4-6H,3,14H2,1-2H3. The molecule has 1 heterocycles. The molecule has 0 spiro atoms. The third-order valence-electron chi connectivity index (χ3n) is 2.44. The fourth-order valence-electron chi connectivity index (χ4n) is 1.61. The molecule has 1 aromatic carbocycles. The number of hydrogen-bond acceptors (Lipinski definition) is 3. The van der Waals surface area contributed by atoms with E-state index in [1.165, 1.54) is 23.5 Å². The second kappa shape index (κ2) is 4.22. The molecule has 0 fully saturated rings. The minimum Gasteiger partial charge on any atom is -0.389 e. The summed E-state index contributed by atoms with van der Waals surface area (Å²) in [5.41, 5.74) is 8.47. The van der Waals surface area contributed by atoms with Crippen LogP contribution in [0.25, 0.3) is 11.3 Å². The van der Waals surface area contributed by atoms with E-state index in [0.29, 0.717) is 5.00 Å². The molecular weight excluding hydrogens is 223 g/mol. The van der Waals surface area contributed by atoms with E-state index >= 15 is 0 Å². The van der Waals surface area contributed by atoms with E-state index in [1.807, 2.05) is 13.8 Å². The highest BCUT2D eigenvalue weighted by Crippen LogP contribution is 2.32. The van der Waals surface area contributed by atoms with Crippen LogP contribution in [0.2, 0.25) is 0 Å². The number of aromatic nitrogens is 1. The highest BCUT2D eigenvalue weighted by molar-refractivity contribution is 7.16. The Labute approximate surface area is 97.9 Å². The number of nitrogens with two attached hydrogens (primary N) is 1. The number of thiazole rings is 1. The maximum absolute atomic E-state index is 13.0. The molecule has 0 aliphatic heterocycles. The van der Waals surface area contributed by atoms with Gasteiger partial charge in [0.1, 0.15) is 16.5 Å². The molecule has 2 nitrogen and oxygen atoms in total. The zero-order valence-corrected chi connectivity index (χ0v) is 10.1. The Morgan fingerprint density at radius 3 is 2.75 bits per heavy atom. The molecule has 0 aliphatic carbocycles. The SMILES string of the molecule is CCc1nc(-c2ccc(F)cc2C)c(N)s1. The van der Waals surface area contributed by atoms with Gasteiger partial charge in [0.2, 0.25) is 0 Å². The molecule has 0 saturated heterocycles. The van der Waals surface area contributed by atoms with Crippen molar-refractivity contribution in [1.29, 1.82) is 0 Å². The van der Waals surface area contributed by atoms with Crippen molar-refractivity contribution in [2.75, 3.05) is 5.73 Å². The van der Waals surface area contributed by atoms with Crippen LogP contribution >= 0.6 is 11.3 Å². The van der Waals surface area contributed by atoms with Crippen LogP contribution in [0.5, 0.6) is 0 Å². The van der Waals surface area contributed by atoms with Crippen molar-refractivity contribution in [3.05, 3.63) is 34.6 Å². The first-order valence-electron chi connectivity index (χ1n) is 5.13. The number of anilines is 1. The Kier molecular flexibility index (Phi) is 2.92. The molecule has 2 rings (SSSR count). The van der Waals surface area contributed by atoms with E-state index in [0.717, 1.165) is 28.2 Å². The monoisotopic (exact) mass is 236 g/mol. The maximum atomic E-state index is 13.0. The van der Waals surface area contributed by atoms with E-state index in [4.69, 9.17) is 5.73 Å². The van der Waals surface area contributed by atoms with Crippen molar-refractivity contribution in [1.82, 2.24) is 4.98 Å². The normalized spacial score (nSPS) is 10.7. The molecule has 1 aromatic heterocycles. The minimum absolute atomic E-state index is 0.231. The molecule has 2 aromatic rings. The van der Waals surface area contributed by atoms with Crippen molar-refractivity contribution in [2.24, 2.45) is 0 Å². The quantitative estimate of drug-likeness (QED) is 0.868. The first-order valence-corrected chi connectivity index (χ1v) is 5.95. The molecule has 0 bridgehead atoms. The maximum Gasteiger partial charge on any atom is 0.123 e. The molecule has 0 saturated carbocycles. The fourth-order valence-corrected chi connectivity index (χ4v) is 2.40. The van der Waals surface area contributed by atoms with Gasteiger partial charge < -0.3 is 5.73 Å². The summed E-state index contributed by atoms with van der Waals surface area (Å²) >= 11 is 1.50. The van der Waals surface area contributed by atoms with Crippen LogP contribution in [0.3, 0.4) is 0 Å². The van der Waals surface area contributed by atoms with E-state index in [9.17, 15) is 4.39 Å². The summed E-state index contributed by atoms with van der Waals surface area (Å²) in [6.07, 6.45) is 0.870. The number of aryl methyl sites for hydroxylation is 2. The summed E-state index contributed by atoms with van der Waals surface area (Å²) in [6, 6.07) is 4.67. The largest absolute Gasteiger partial charge is 0.389 e. The topological polar surface area (TPSA) is 38.9 Å². The van der Waals surface area contributed by atoms with Crippen LogP contribution in [0.4, 0.5) is 9.39 Å². The van der Waals surface area contributed by atoms with Gasteiger partial charge in [0.25, 0.3) is 0 Å². The minimum atomic E-state index is -0.231. The lowest BCUT2D eigenvalue weighted by Crippen LogP contribution is -1.90. The van der Waals surface area contributed by atoms with Gasteiger partial charge in [-0.15, -0.1) is 11.3 Å². The Morgan fingerprint density at radius 1 is 1.44 bits per heavy atom. The first-order chi connectivity index (χ1) is 7.61. The molecule has 0 amide bonds. The molecule has 2 N–H and O–H groups in total. The average molecular weight is 236 g/mol. The summed E-state index contributed by atoms with van der Waals surface area (Å²) in [5.74, 6) is -0.231. The highest BCUT2D eigenvalue weighted by Gasteiger charge is 2.12. The van der Waals surface area contributed by atoms with E-state index < -0.39 is 0 Å². The number of rotatable bonds is 2. The van der Waals surface area contributed by atoms with Gasteiger partial charge in [0, 0.05) is 5.56 Å². The van der Waals surface area contributed by atoms with Crippen molar-refractivity contribution in [2.45, 2.75) is 20.3 Å². The molecule has 0 atom stereocenters. The zero-order chi connectivity index (χ0) is 11.7. The predicted octanol–water partition coefficient (Wildman–Crippen LogP) is 3.40. The Balaban J connectivity index is 2.53. The van der Waals surface area contributed by atoms with Gasteiger partial charge in [0.15, 0.2) is 0 Å². The van der Waals surface area contributed by atoms with Crippen LogP contribution in [-0.4, -0.2) is 4.98 Å². The Bertz CT molecular complexity index is 520. The van der Waals surface area contributed by atoms with Gasteiger partial charge in [-0.05, 0) is 37.1 Å². The summed E-state index contributed by atoms with van der Waals surface area (Å²) in [4.78, 5) is 4.46. The van der Waals surface area contributed by atoms with Crippen molar-refractivity contribution < 1.29 is 4.39 Å². The van der Waals surface area contributed by atoms with Gasteiger partial charge in [-0.25, -0.2) is 9.37 Å². The molecule has 0 unspecified atom stereocenters. The first kappa shape index (κ1) is 11.1. The van der Waals surface area contributed by atoms with Crippen molar-refractivity contribution >= 4 is 16.3 Å². The molecule has 0 aliphatic rings. The number of hydrogen-bond donors (Lipinski definition) is 1. The van der Waals surface area contributed by atoms with E-state index in [-0.39, 0.29) is 5.82 Å². The lowest BCUT2D eigenvalue weighted by atomic mass is 10.1. The van der Waals surface area contributed by atoms with Crippen LogP contribution in [-0.2, 0) is 6.42 Å². The van der Waals surface area contributed by atoms with Crippen LogP contribution in [0, 0.1) is 12.7 Å². The Morgan fingerprint density at radius 2 is 2.19 bits per heavy atom. The van der Waals surface area contributed by atoms with Crippen LogP contribution in [0.15, 0.2) is 18.2 Å². The third kappa shape index (κ3) is 1.93. The van der Waals surface area contributed by atoms with Gasteiger partial charge >= 0.3 is 0 Å². The second-order valence-electron chi connectivity index (χ2n) is 3.63. The van der Waals surface area contributed by atoms with Crippen molar-refractivity contribution in [3.8, 4) is 11.3 Å². The molecular formula is C12H13FN2S. The average Bonchev–Trinajstić information content (AvgIpc) is 2.60. The van der Waals surface area contributed by atoms with Gasteiger partial charge in [0.05, 0.1) is 5.01 Å². The molecule has 0 radical (unpaired) electrons. The van der Waals surface area contributed by atoms with Gasteiger partial charge in [-0.1, -0.05) is 6.92 Å². The lowest BCUT2D eigenvalue weighted by molar-refractivity contribution is 0.627. The van der Waals surface area contributed by atoms with Gasteiger partial charge in [-0.2, -0.15) is 0 Å². The molecule has 84 valence electrons. The van der Waals surface area contributed by atoms with E-state index in [1.54, 1.807) is 6.07 Å². The predicted molar refractivity (Wildman–Crippen MR) is 66.0 cm³/mol. The van der Waals surface area contributed by atoms with Crippen LogP contribution < -0.4 is 5.73 Å².